The number of nitriles is 1. The summed E-state index contributed by atoms with van der Waals surface area (Å²) in [4.78, 5) is 11.9. The highest BCUT2D eigenvalue weighted by atomic mass is 19.4. The lowest BCUT2D eigenvalue weighted by Gasteiger charge is -2.14. The molecule has 20 heavy (non-hydrogen) atoms. The third kappa shape index (κ3) is 3.60. The van der Waals surface area contributed by atoms with Gasteiger partial charge in [0.15, 0.2) is 12.4 Å². The Bertz CT molecular complexity index is 571. The Hall–Kier alpha value is -2.29. The molecule has 0 fully saturated rings. The molecule has 0 radical (unpaired) electrons. The average molecular weight is 283 g/mol. The van der Waals surface area contributed by atoms with E-state index in [-0.39, 0.29) is 24.4 Å². The fourth-order valence-corrected chi connectivity index (χ4v) is 1.51. The van der Waals surface area contributed by atoms with E-state index >= 15 is 0 Å². The molecule has 0 saturated heterocycles. The maximum atomic E-state index is 13.0. The van der Waals surface area contributed by atoms with Crippen molar-refractivity contribution in [3.8, 4) is 11.8 Å². The molecule has 106 valence electrons. The summed E-state index contributed by atoms with van der Waals surface area (Å²) in [6, 6.07) is 4.64. The minimum absolute atomic E-state index is 0.0983. The summed E-state index contributed by atoms with van der Waals surface area (Å²) < 4.78 is 43.7. The van der Waals surface area contributed by atoms with Crippen LogP contribution in [0.15, 0.2) is 30.4 Å². The van der Waals surface area contributed by atoms with E-state index in [2.05, 4.69) is 6.58 Å². The molecule has 1 rings (SSSR count). The molecule has 0 aromatic heterocycles. The summed E-state index contributed by atoms with van der Waals surface area (Å²) in [6.45, 7) is 4.72. The SMILES string of the molecule is C=C(CC)C(=O)c1ccc(OCC#N)cc1C(F)(F)F. The van der Waals surface area contributed by atoms with Crippen LogP contribution in [0, 0.1) is 11.3 Å². The number of hydrogen-bond donors (Lipinski definition) is 0. The van der Waals surface area contributed by atoms with Crippen LogP contribution in [0.2, 0.25) is 0 Å². The second-order valence-corrected chi connectivity index (χ2v) is 3.94. The number of alkyl halides is 3. The lowest BCUT2D eigenvalue weighted by atomic mass is 9.97. The van der Waals surface area contributed by atoms with Crippen LogP contribution in [-0.4, -0.2) is 12.4 Å². The molecule has 0 atom stereocenters. The second-order valence-electron chi connectivity index (χ2n) is 3.94. The molecule has 0 N–H and O–H groups in total. The summed E-state index contributed by atoms with van der Waals surface area (Å²) in [5.74, 6) is -0.857. The van der Waals surface area contributed by atoms with Gasteiger partial charge in [-0.25, -0.2) is 0 Å². The highest BCUT2D eigenvalue weighted by Crippen LogP contribution is 2.35. The average Bonchev–Trinajstić information content (AvgIpc) is 2.42. The Kier molecular flexibility index (Phi) is 4.92. The summed E-state index contributed by atoms with van der Waals surface area (Å²) >= 11 is 0. The topological polar surface area (TPSA) is 50.1 Å². The molecule has 0 aliphatic carbocycles. The number of nitrogens with zero attached hydrogens (tertiary/aromatic N) is 1. The zero-order valence-corrected chi connectivity index (χ0v) is 10.8. The Labute approximate surface area is 114 Å². The molecule has 3 nitrogen and oxygen atoms in total. The largest absolute Gasteiger partial charge is 0.479 e. The number of hydrogen-bond acceptors (Lipinski definition) is 3. The molecular formula is C14H12F3NO2. The number of benzene rings is 1. The van der Waals surface area contributed by atoms with Gasteiger partial charge in [-0.15, -0.1) is 0 Å². The molecular weight excluding hydrogens is 271 g/mol. The van der Waals surface area contributed by atoms with Crippen molar-refractivity contribution in [2.45, 2.75) is 19.5 Å². The normalized spacial score (nSPS) is 10.8. The zero-order chi connectivity index (χ0) is 15.3. The number of Topliss-reactive ketones (excluding diaryl/α,β-unsaturated/α-hetero) is 1. The van der Waals surface area contributed by atoms with E-state index < -0.39 is 23.1 Å². The quantitative estimate of drug-likeness (QED) is 0.610. The maximum absolute atomic E-state index is 13.0. The maximum Gasteiger partial charge on any atom is 0.417 e. The molecule has 0 heterocycles. The lowest BCUT2D eigenvalue weighted by molar-refractivity contribution is -0.138. The van der Waals surface area contributed by atoms with Crippen molar-refractivity contribution in [3.05, 3.63) is 41.5 Å². The Morgan fingerprint density at radius 1 is 1.45 bits per heavy atom. The summed E-state index contributed by atoms with van der Waals surface area (Å²) in [6.07, 6.45) is -4.42. The second kappa shape index (κ2) is 6.24. The number of rotatable bonds is 5. The third-order valence-corrected chi connectivity index (χ3v) is 2.59. The van der Waals surface area contributed by atoms with Gasteiger partial charge in [0, 0.05) is 5.56 Å². The van der Waals surface area contributed by atoms with Crippen LogP contribution in [0.3, 0.4) is 0 Å². The number of halogens is 3. The highest BCUT2D eigenvalue weighted by Gasteiger charge is 2.35. The van der Waals surface area contributed by atoms with Gasteiger partial charge in [0.25, 0.3) is 0 Å². The van der Waals surface area contributed by atoms with E-state index in [1.54, 1.807) is 13.0 Å². The van der Waals surface area contributed by atoms with Crippen molar-refractivity contribution in [1.29, 1.82) is 5.26 Å². The van der Waals surface area contributed by atoms with Gasteiger partial charge in [0.05, 0.1) is 5.56 Å². The molecule has 0 unspecified atom stereocenters. The van der Waals surface area contributed by atoms with Crippen molar-refractivity contribution in [2.75, 3.05) is 6.61 Å². The van der Waals surface area contributed by atoms with E-state index in [1.165, 1.54) is 6.07 Å². The van der Waals surface area contributed by atoms with Gasteiger partial charge in [-0.3, -0.25) is 4.79 Å². The predicted octanol–water partition coefficient (Wildman–Crippen LogP) is 3.76. The smallest absolute Gasteiger partial charge is 0.417 e. The van der Waals surface area contributed by atoms with Gasteiger partial charge >= 0.3 is 6.18 Å². The highest BCUT2D eigenvalue weighted by molar-refractivity contribution is 6.09. The third-order valence-electron chi connectivity index (χ3n) is 2.59. The molecule has 0 spiro atoms. The van der Waals surface area contributed by atoms with Crippen molar-refractivity contribution in [3.63, 3.8) is 0 Å². The zero-order valence-electron chi connectivity index (χ0n) is 10.8. The molecule has 0 aliphatic heterocycles. The van der Waals surface area contributed by atoms with E-state index in [9.17, 15) is 18.0 Å². The summed E-state index contributed by atoms with van der Waals surface area (Å²) in [5.41, 5.74) is -1.46. The van der Waals surface area contributed by atoms with Crippen LogP contribution in [0.1, 0.15) is 29.3 Å². The van der Waals surface area contributed by atoms with Gasteiger partial charge in [-0.05, 0) is 30.2 Å². The lowest BCUT2D eigenvalue weighted by Crippen LogP contribution is -2.14. The van der Waals surface area contributed by atoms with E-state index in [4.69, 9.17) is 10.00 Å². The Balaban J connectivity index is 3.28. The molecule has 0 amide bonds. The Morgan fingerprint density at radius 3 is 2.60 bits per heavy atom. The fraction of sp³-hybridized carbons (Fsp3) is 0.286. The van der Waals surface area contributed by atoms with E-state index in [0.29, 0.717) is 6.07 Å². The molecule has 1 aromatic carbocycles. The van der Waals surface area contributed by atoms with Gasteiger partial charge < -0.3 is 4.74 Å². The van der Waals surface area contributed by atoms with E-state index in [1.807, 2.05) is 0 Å². The fourth-order valence-electron chi connectivity index (χ4n) is 1.51. The summed E-state index contributed by atoms with van der Waals surface area (Å²) in [5, 5.41) is 8.34. The molecule has 0 bridgehead atoms. The Morgan fingerprint density at radius 2 is 2.10 bits per heavy atom. The van der Waals surface area contributed by atoms with Gasteiger partial charge in [0.2, 0.25) is 0 Å². The number of carbonyl (C=O) groups excluding carboxylic acids is 1. The number of ether oxygens (including phenoxy) is 1. The van der Waals surface area contributed by atoms with Crippen LogP contribution in [0.25, 0.3) is 0 Å². The first kappa shape index (κ1) is 15.8. The van der Waals surface area contributed by atoms with E-state index in [0.717, 1.165) is 6.07 Å². The minimum Gasteiger partial charge on any atom is -0.479 e. The van der Waals surface area contributed by atoms with Crippen molar-refractivity contribution in [1.82, 2.24) is 0 Å². The first-order valence-corrected chi connectivity index (χ1v) is 5.74. The number of ketones is 1. The van der Waals surface area contributed by atoms with Crippen LogP contribution < -0.4 is 4.74 Å². The molecule has 0 saturated carbocycles. The minimum atomic E-state index is -4.69. The van der Waals surface area contributed by atoms with Crippen LogP contribution >= 0.6 is 0 Å². The monoisotopic (exact) mass is 283 g/mol. The van der Waals surface area contributed by atoms with Gasteiger partial charge in [-0.1, -0.05) is 13.5 Å². The van der Waals surface area contributed by atoms with Crippen LogP contribution in [-0.2, 0) is 6.18 Å². The van der Waals surface area contributed by atoms with Crippen molar-refractivity contribution >= 4 is 5.78 Å². The first-order chi connectivity index (χ1) is 9.31. The number of allylic oxidation sites excluding steroid dienone is 1. The predicted molar refractivity (Wildman–Crippen MR) is 66.3 cm³/mol. The molecule has 1 aromatic rings. The van der Waals surface area contributed by atoms with Crippen molar-refractivity contribution < 1.29 is 22.7 Å². The van der Waals surface area contributed by atoms with Gasteiger partial charge in [-0.2, -0.15) is 18.4 Å². The van der Waals surface area contributed by atoms with Gasteiger partial charge in [0.1, 0.15) is 11.8 Å². The first-order valence-electron chi connectivity index (χ1n) is 5.74. The molecule has 6 heteroatoms. The number of carbonyl (C=O) groups is 1. The van der Waals surface area contributed by atoms with Crippen LogP contribution in [0.5, 0.6) is 5.75 Å². The van der Waals surface area contributed by atoms with Crippen LogP contribution in [0.4, 0.5) is 13.2 Å². The van der Waals surface area contributed by atoms with Crippen molar-refractivity contribution in [2.24, 2.45) is 0 Å². The molecule has 0 aliphatic rings. The standard InChI is InChI=1S/C14H12F3NO2/c1-3-9(2)13(19)11-5-4-10(20-7-6-18)8-12(11)14(15,16)17/h4-5,8H,2-3,7H2,1H3. The summed E-state index contributed by atoms with van der Waals surface area (Å²) in [7, 11) is 0.